The number of benzene rings is 2. The zero-order valence-corrected chi connectivity index (χ0v) is 13.2. The molecule has 0 N–H and O–H groups in total. The van der Waals surface area contributed by atoms with E-state index in [-0.39, 0.29) is 40.2 Å². The normalized spacial score (nSPS) is 10.7. The molecule has 89 valence electrons. The van der Waals surface area contributed by atoms with E-state index in [4.69, 9.17) is 4.18 Å². The summed E-state index contributed by atoms with van der Waals surface area (Å²) in [5, 5.41) is 1.51. The van der Waals surface area contributed by atoms with Crippen LogP contribution >= 0.6 is 0 Å². The largest absolute Gasteiger partial charge is 0.384 e. The van der Waals surface area contributed by atoms with Crippen molar-refractivity contribution in [2.45, 2.75) is 11.8 Å². The molecule has 0 aliphatic carbocycles. The first-order chi connectivity index (χ1) is 8.00. The van der Waals surface area contributed by atoms with Crippen molar-refractivity contribution in [2.24, 2.45) is 0 Å². The maximum Gasteiger partial charge on any atom is 0.339 e. The summed E-state index contributed by atoms with van der Waals surface area (Å²) in [6.45, 7) is 4.95. The summed E-state index contributed by atoms with van der Waals surface area (Å²) in [4.78, 5) is 0.165. The number of fused-ring (bicyclic) bond motifs is 1. The van der Waals surface area contributed by atoms with Crippen LogP contribution in [0.1, 0.15) is 6.92 Å². The average molecular weight is 271 g/mol. The maximum absolute atomic E-state index is 12.0. The molecule has 2 aromatic carbocycles. The van der Waals surface area contributed by atoms with Gasteiger partial charge in [-0.25, -0.2) is 0 Å². The minimum absolute atomic E-state index is 0. The molecule has 0 heterocycles. The summed E-state index contributed by atoms with van der Waals surface area (Å²) >= 11 is 0. The maximum atomic E-state index is 12.0. The van der Waals surface area contributed by atoms with Gasteiger partial charge in [0.25, 0.3) is 0 Å². The van der Waals surface area contributed by atoms with Gasteiger partial charge in [-0.05, 0) is 18.4 Å². The van der Waals surface area contributed by atoms with Crippen LogP contribution in [0.4, 0.5) is 0 Å². The Morgan fingerprint density at radius 1 is 1.11 bits per heavy atom. The standard InChI is InChI=1S/C13H12O3S.Na/c1-10(2)16-17(14,15)13-9-5-7-11-6-3-4-8-12(11)13;/h3-9H,1H2,2H3;. The van der Waals surface area contributed by atoms with E-state index in [9.17, 15) is 8.42 Å². The first kappa shape index (κ1) is 15.2. The van der Waals surface area contributed by atoms with Gasteiger partial charge in [-0.3, -0.25) is 0 Å². The van der Waals surface area contributed by atoms with Crippen LogP contribution in [0.25, 0.3) is 10.8 Å². The predicted molar refractivity (Wildman–Crippen MR) is 72.8 cm³/mol. The van der Waals surface area contributed by atoms with Crippen LogP contribution in [0.15, 0.2) is 59.7 Å². The van der Waals surface area contributed by atoms with Gasteiger partial charge in [-0.1, -0.05) is 43.0 Å². The molecule has 5 heteroatoms. The molecule has 0 bridgehead atoms. The van der Waals surface area contributed by atoms with Crippen molar-refractivity contribution in [2.75, 3.05) is 0 Å². The summed E-state index contributed by atoms with van der Waals surface area (Å²) in [5.74, 6) is 0.151. The molecule has 0 amide bonds. The van der Waals surface area contributed by atoms with E-state index in [1.165, 1.54) is 13.0 Å². The van der Waals surface area contributed by atoms with E-state index in [1.807, 2.05) is 18.2 Å². The van der Waals surface area contributed by atoms with Crippen molar-refractivity contribution in [1.29, 1.82) is 0 Å². The van der Waals surface area contributed by atoms with Crippen molar-refractivity contribution in [3.8, 4) is 0 Å². The Balaban J connectivity index is 0.00000162. The van der Waals surface area contributed by atoms with Crippen molar-refractivity contribution >= 4 is 50.4 Å². The Bertz CT molecular complexity index is 672. The Hall–Kier alpha value is -0.810. The van der Waals surface area contributed by atoms with Gasteiger partial charge in [0.15, 0.2) is 0 Å². The first-order valence-corrected chi connectivity index (χ1v) is 6.49. The second kappa shape index (κ2) is 5.89. The zero-order chi connectivity index (χ0) is 12.5. The Morgan fingerprint density at radius 2 is 1.72 bits per heavy atom. The van der Waals surface area contributed by atoms with Crippen molar-refractivity contribution < 1.29 is 12.6 Å². The average Bonchev–Trinajstić information content (AvgIpc) is 2.26. The van der Waals surface area contributed by atoms with Crippen molar-refractivity contribution in [1.82, 2.24) is 0 Å². The van der Waals surface area contributed by atoms with Crippen molar-refractivity contribution in [3.63, 3.8) is 0 Å². The molecule has 0 aliphatic rings. The molecule has 3 nitrogen and oxygen atoms in total. The van der Waals surface area contributed by atoms with Crippen LogP contribution in [0, 0.1) is 0 Å². The van der Waals surface area contributed by atoms with E-state index >= 15 is 0 Å². The Kier molecular flexibility index (Phi) is 4.99. The molecule has 2 rings (SSSR count). The van der Waals surface area contributed by atoms with Gasteiger partial charge >= 0.3 is 10.1 Å². The summed E-state index contributed by atoms with van der Waals surface area (Å²) in [5.41, 5.74) is 0. The van der Waals surface area contributed by atoms with Crippen LogP contribution in [0.5, 0.6) is 0 Å². The number of hydrogen-bond acceptors (Lipinski definition) is 3. The summed E-state index contributed by atoms with van der Waals surface area (Å²) in [7, 11) is -3.79. The summed E-state index contributed by atoms with van der Waals surface area (Å²) < 4.78 is 28.8. The second-order valence-corrected chi connectivity index (χ2v) is 5.23. The minimum Gasteiger partial charge on any atom is -0.384 e. The van der Waals surface area contributed by atoms with E-state index in [0.29, 0.717) is 5.39 Å². The van der Waals surface area contributed by atoms with E-state index < -0.39 is 10.1 Å². The fourth-order valence-electron chi connectivity index (χ4n) is 1.65. The third kappa shape index (κ3) is 3.14. The molecule has 0 aromatic heterocycles. The Morgan fingerprint density at radius 3 is 2.39 bits per heavy atom. The van der Waals surface area contributed by atoms with Crippen LogP contribution in [-0.2, 0) is 14.3 Å². The molecule has 18 heavy (non-hydrogen) atoms. The number of allylic oxidation sites excluding steroid dienone is 1. The molecule has 0 saturated heterocycles. The monoisotopic (exact) mass is 271 g/mol. The Labute approximate surface area is 129 Å². The number of rotatable bonds is 3. The molecule has 0 atom stereocenters. The fraction of sp³-hybridized carbons (Fsp3) is 0.0769. The summed E-state index contributed by atoms with van der Waals surface area (Å²) in [6.07, 6.45) is 0. The van der Waals surface area contributed by atoms with Gasteiger partial charge in [0.1, 0.15) is 10.7 Å². The summed E-state index contributed by atoms with van der Waals surface area (Å²) in [6, 6.07) is 12.3. The second-order valence-electron chi connectivity index (χ2n) is 3.72. The van der Waals surface area contributed by atoms with Gasteiger partial charge in [-0.2, -0.15) is 8.42 Å². The predicted octanol–water partition coefficient (Wildman–Crippen LogP) is 2.70. The fourth-order valence-corrected chi connectivity index (χ4v) is 2.81. The van der Waals surface area contributed by atoms with E-state index in [1.54, 1.807) is 18.2 Å². The van der Waals surface area contributed by atoms with Crippen molar-refractivity contribution in [3.05, 3.63) is 54.8 Å². The molecule has 0 unspecified atom stereocenters. The van der Waals surface area contributed by atoms with Crippen LogP contribution in [-0.4, -0.2) is 38.0 Å². The molecule has 0 aliphatic heterocycles. The SMILES string of the molecule is C=C(C)OS(=O)(=O)c1cccc2ccccc12.[Na]. The first-order valence-electron chi connectivity index (χ1n) is 5.08. The van der Waals surface area contributed by atoms with Gasteiger partial charge < -0.3 is 4.18 Å². The van der Waals surface area contributed by atoms with Crippen LogP contribution in [0.2, 0.25) is 0 Å². The molecular weight excluding hydrogens is 259 g/mol. The zero-order valence-electron chi connectivity index (χ0n) is 10.4. The molecule has 1 radical (unpaired) electrons. The van der Waals surface area contributed by atoms with E-state index in [0.717, 1.165) is 5.39 Å². The van der Waals surface area contributed by atoms with E-state index in [2.05, 4.69) is 6.58 Å². The number of hydrogen-bond donors (Lipinski definition) is 0. The van der Waals surface area contributed by atoms with Crippen LogP contribution < -0.4 is 0 Å². The minimum atomic E-state index is -3.79. The molecule has 2 aromatic rings. The van der Waals surface area contributed by atoms with Crippen LogP contribution in [0.3, 0.4) is 0 Å². The third-order valence-electron chi connectivity index (χ3n) is 2.27. The van der Waals surface area contributed by atoms with Gasteiger partial charge in [0.05, 0.1) is 0 Å². The molecule has 0 saturated carbocycles. The third-order valence-corrected chi connectivity index (χ3v) is 3.67. The van der Waals surface area contributed by atoms with Gasteiger partial charge in [0.2, 0.25) is 0 Å². The molecule has 0 spiro atoms. The van der Waals surface area contributed by atoms with Gasteiger partial charge in [-0.15, -0.1) is 0 Å². The quantitative estimate of drug-likeness (QED) is 0.490. The van der Waals surface area contributed by atoms with Gasteiger partial charge in [0, 0.05) is 34.9 Å². The molecular formula is C13H12NaO3S. The smallest absolute Gasteiger partial charge is 0.339 e. The topological polar surface area (TPSA) is 43.4 Å². The molecule has 0 fully saturated rings.